The van der Waals surface area contributed by atoms with E-state index in [1.807, 2.05) is 19.9 Å². The van der Waals surface area contributed by atoms with Crippen molar-refractivity contribution in [2.24, 2.45) is 11.8 Å². The minimum atomic E-state index is -0.943. The lowest BCUT2D eigenvalue weighted by Gasteiger charge is -2.26. The Hall–Kier alpha value is -3.22. The molecule has 0 heterocycles. The molecule has 0 fully saturated rings. The van der Waals surface area contributed by atoms with Crippen LogP contribution in [-0.4, -0.2) is 42.3 Å². The molecule has 1 aromatic rings. The Bertz CT molecular complexity index is 871. The van der Waals surface area contributed by atoms with Crippen molar-refractivity contribution in [3.63, 3.8) is 0 Å². The van der Waals surface area contributed by atoms with Gasteiger partial charge in [-0.05, 0) is 18.3 Å². The Morgan fingerprint density at radius 1 is 0.935 bits per heavy atom. The number of Topliss-reactive ketones (excluding diaryl/α,β-unsaturated/α-hetero) is 1. The van der Waals surface area contributed by atoms with Gasteiger partial charge < -0.3 is 15.4 Å². The number of amides is 2. The number of allylic oxidation sites excluding steroid dienone is 3. The van der Waals surface area contributed by atoms with E-state index in [4.69, 9.17) is 4.74 Å². The molecule has 0 aliphatic heterocycles. The molecular weight excluding hydrogens is 396 g/mol. The van der Waals surface area contributed by atoms with Gasteiger partial charge in [-0.3, -0.25) is 14.4 Å². The highest BCUT2D eigenvalue weighted by Gasteiger charge is 2.32. The van der Waals surface area contributed by atoms with Crippen LogP contribution in [0.5, 0.6) is 0 Å². The average Bonchev–Trinajstić information content (AvgIpc) is 3.28. The monoisotopic (exact) mass is 426 g/mol. The van der Waals surface area contributed by atoms with Gasteiger partial charge in [0.2, 0.25) is 11.8 Å². The molecule has 0 bridgehead atoms. The molecule has 2 amide bonds. The fourth-order valence-electron chi connectivity index (χ4n) is 3.06. The van der Waals surface area contributed by atoms with Crippen LogP contribution >= 0.6 is 0 Å². The molecule has 0 unspecified atom stereocenters. The number of hydrogen-bond acceptors (Lipinski definition) is 5. The molecule has 1 aliphatic carbocycles. The van der Waals surface area contributed by atoms with Crippen LogP contribution in [0.15, 0.2) is 54.1 Å². The summed E-state index contributed by atoms with van der Waals surface area (Å²) in [6, 6.07) is 6.77. The van der Waals surface area contributed by atoms with Crippen LogP contribution in [0.3, 0.4) is 0 Å². The van der Waals surface area contributed by atoms with E-state index in [1.54, 1.807) is 56.3 Å². The van der Waals surface area contributed by atoms with Crippen molar-refractivity contribution < 1.29 is 23.9 Å². The SMILES string of the molecule is CC(C)[C@H](NC(=O)C1=CC=CC1)C(=O)N[C@H](C(=O)OCC(=O)c1ccccc1)C(C)C. The molecule has 0 aromatic heterocycles. The summed E-state index contributed by atoms with van der Waals surface area (Å²) >= 11 is 0. The first-order valence-corrected chi connectivity index (χ1v) is 10.4. The van der Waals surface area contributed by atoms with E-state index in [0.29, 0.717) is 17.6 Å². The van der Waals surface area contributed by atoms with Crippen molar-refractivity contribution in [3.05, 3.63) is 59.7 Å². The van der Waals surface area contributed by atoms with Gasteiger partial charge in [0.05, 0.1) is 0 Å². The summed E-state index contributed by atoms with van der Waals surface area (Å²) in [7, 11) is 0. The van der Waals surface area contributed by atoms with E-state index in [1.165, 1.54) is 0 Å². The van der Waals surface area contributed by atoms with Crippen LogP contribution in [0.1, 0.15) is 44.5 Å². The van der Waals surface area contributed by atoms with Gasteiger partial charge >= 0.3 is 5.97 Å². The van der Waals surface area contributed by atoms with Crippen molar-refractivity contribution in [1.82, 2.24) is 10.6 Å². The van der Waals surface area contributed by atoms with Crippen LogP contribution in [0.25, 0.3) is 0 Å². The third-order valence-corrected chi connectivity index (χ3v) is 4.96. The second kappa shape index (κ2) is 11.2. The minimum Gasteiger partial charge on any atom is -0.456 e. The van der Waals surface area contributed by atoms with Gasteiger partial charge in [0.15, 0.2) is 12.4 Å². The van der Waals surface area contributed by atoms with Crippen molar-refractivity contribution >= 4 is 23.6 Å². The summed E-state index contributed by atoms with van der Waals surface area (Å²) < 4.78 is 5.18. The Balaban J connectivity index is 1.98. The number of ether oxygens (including phenoxy) is 1. The second-order valence-corrected chi connectivity index (χ2v) is 8.15. The topological polar surface area (TPSA) is 102 Å². The van der Waals surface area contributed by atoms with E-state index in [2.05, 4.69) is 10.6 Å². The van der Waals surface area contributed by atoms with Crippen LogP contribution < -0.4 is 10.6 Å². The Morgan fingerprint density at radius 2 is 1.58 bits per heavy atom. The highest BCUT2D eigenvalue weighted by atomic mass is 16.5. The zero-order valence-corrected chi connectivity index (χ0v) is 18.4. The largest absolute Gasteiger partial charge is 0.456 e. The van der Waals surface area contributed by atoms with E-state index in [9.17, 15) is 19.2 Å². The first-order chi connectivity index (χ1) is 14.7. The summed E-state index contributed by atoms with van der Waals surface area (Å²) in [5.41, 5.74) is 1.02. The van der Waals surface area contributed by atoms with Crippen LogP contribution in [0.4, 0.5) is 0 Å². The zero-order valence-electron chi connectivity index (χ0n) is 18.4. The summed E-state index contributed by atoms with van der Waals surface area (Å²) in [6.45, 7) is 6.75. The zero-order chi connectivity index (χ0) is 23.0. The Labute approximate surface area is 182 Å². The number of carbonyl (C=O) groups excluding carboxylic acids is 4. The van der Waals surface area contributed by atoms with Crippen molar-refractivity contribution in [3.8, 4) is 0 Å². The van der Waals surface area contributed by atoms with Gasteiger partial charge in [-0.25, -0.2) is 4.79 Å². The fourth-order valence-corrected chi connectivity index (χ4v) is 3.06. The first-order valence-electron chi connectivity index (χ1n) is 10.4. The molecule has 166 valence electrons. The molecule has 7 nitrogen and oxygen atoms in total. The average molecular weight is 427 g/mol. The molecule has 7 heteroatoms. The molecule has 0 radical (unpaired) electrons. The lowest BCUT2D eigenvalue weighted by atomic mass is 9.99. The highest BCUT2D eigenvalue weighted by Crippen LogP contribution is 2.13. The number of esters is 1. The first kappa shape index (κ1) is 24.1. The van der Waals surface area contributed by atoms with E-state index in [-0.39, 0.29) is 23.5 Å². The summed E-state index contributed by atoms with van der Waals surface area (Å²) in [4.78, 5) is 50.1. The van der Waals surface area contributed by atoms with E-state index in [0.717, 1.165) is 0 Å². The Kier molecular flexibility index (Phi) is 8.73. The summed E-state index contributed by atoms with van der Waals surface area (Å²) in [6.07, 6.45) is 5.89. The van der Waals surface area contributed by atoms with Crippen molar-refractivity contribution in [1.29, 1.82) is 0 Å². The highest BCUT2D eigenvalue weighted by molar-refractivity contribution is 5.99. The standard InChI is InChI=1S/C24H30N2O5/c1-15(2)20(25-22(28)18-12-8-9-13-18)23(29)26-21(16(3)4)24(30)31-14-19(27)17-10-6-5-7-11-17/h5-12,15-16,20-21H,13-14H2,1-4H3,(H,25,28)(H,26,29)/t20-,21-/m0/s1. The number of nitrogens with one attached hydrogen (secondary N) is 2. The van der Waals surface area contributed by atoms with Crippen molar-refractivity contribution in [2.75, 3.05) is 6.61 Å². The maximum absolute atomic E-state index is 12.9. The van der Waals surface area contributed by atoms with Crippen LogP contribution in [0, 0.1) is 11.8 Å². The number of carbonyl (C=O) groups is 4. The molecule has 1 aliphatic rings. The lowest BCUT2D eigenvalue weighted by Crippen LogP contribution is -2.55. The van der Waals surface area contributed by atoms with E-state index < -0.39 is 30.6 Å². The summed E-state index contributed by atoms with van der Waals surface area (Å²) in [5, 5.41) is 5.43. The van der Waals surface area contributed by atoms with Gasteiger partial charge in [-0.15, -0.1) is 0 Å². The van der Waals surface area contributed by atoms with Gasteiger partial charge in [-0.1, -0.05) is 76.3 Å². The lowest BCUT2D eigenvalue weighted by molar-refractivity contribution is -0.148. The van der Waals surface area contributed by atoms with Gasteiger partial charge in [-0.2, -0.15) is 0 Å². The molecule has 0 saturated carbocycles. The molecule has 0 spiro atoms. The summed E-state index contributed by atoms with van der Waals surface area (Å²) in [5.74, 6) is -2.26. The predicted molar refractivity (Wildman–Crippen MR) is 117 cm³/mol. The molecule has 1 aromatic carbocycles. The molecule has 2 N–H and O–H groups in total. The quantitative estimate of drug-likeness (QED) is 0.442. The van der Waals surface area contributed by atoms with Crippen LogP contribution in [0.2, 0.25) is 0 Å². The predicted octanol–water partition coefficient (Wildman–Crippen LogP) is 2.58. The smallest absolute Gasteiger partial charge is 0.329 e. The normalized spacial score (nSPS) is 14.7. The maximum Gasteiger partial charge on any atom is 0.329 e. The maximum atomic E-state index is 12.9. The number of benzene rings is 1. The number of rotatable bonds is 10. The van der Waals surface area contributed by atoms with Gasteiger partial charge in [0.1, 0.15) is 12.1 Å². The van der Waals surface area contributed by atoms with Crippen molar-refractivity contribution in [2.45, 2.75) is 46.2 Å². The molecule has 0 saturated heterocycles. The third-order valence-electron chi connectivity index (χ3n) is 4.96. The minimum absolute atomic E-state index is 0.192. The number of ketones is 1. The molecule has 2 atom stereocenters. The van der Waals surface area contributed by atoms with Gasteiger partial charge in [0, 0.05) is 11.1 Å². The molecule has 31 heavy (non-hydrogen) atoms. The van der Waals surface area contributed by atoms with Crippen LogP contribution in [-0.2, 0) is 19.1 Å². The molecule has 2 rings (SSSR count). The molecular formula is C24H30N2O5. The fraction of sp³-hybridized carbons (Fsp3) is 0.417. The number of hydrogen-bond donors (Lipinski definition) is 2. The third kappa shape index (κ3) is 6.91. The second-order valence-electron chi connectivity index (χ2n) is 8.15. The van der Waals surface area contributed by atoms with Gasteiger partial charge in [0.25, 0.3) is 0 Å². The Morgan fingerprint density at radius 3 is 2.13 bits per heavy atom. The van der Waals surface area contributed by atoms with E-state index >= 15 is 0 Å².